The van der Waals surface area contributed by atoms with Gasteiger partial charge in [0.15, 0.2) is 0 Å². The van der Waals surface area contributed by atoms with E-state index < -0.39 is 0 Å². The summed E-state index contributed by atoms with van der Waals surface area (Å²) in [5.41, 5.74) is 2.81. The number of rotatable bonds is 8. The van der Waals surface area contributed by atoms with Gasteiger partial charge < -0.3 is 4.74 Å². The van der Waals surface area contributed by atoms with Crippen molar-refractivity contribution in [3.8, 4) is 0 Å². The number of fused-ring (bicyclic) bond motifs is 2. The van der Waals surface area contributed by atoms with E-state index in [2.05, 4.69) is 48.5 Å². The first-order valence-corrected chi connectivity index (χ1v) is 17.3. The van der Waals surface area contributed by atoms with Gasteiger partial charge in [0.2, 0.25) is 0 Å². The summed E-state index contributed by atoms with van der Waals surface area (Å²) in [5.74, 6) is 5.45. The van der Waals surface area contributed by atoms with E-state index in [1.165, 1.54) is 70.6 Å². The minimum atomic E-state index is -0.127. The molecule has 5 aliphatic rings. The first kappa shape index (κ1) is 28.8. The van der Waals surface area contributed by atoms with Gasteiger partial charge in [-0.1, -0.05) is 79.5 Å². The SMILES string of the molecule is CC[C@@H](CC[C@@H](C)[C@H]1CC[C@@]2(C)[C@@H]3CC[C@H]4[C@H](C)[C@@H](OC(=O)c5ccccc5)CC[C@@]45C[C@@]35CC[C@]12C)C(C)C. The maximum atomic E-state index is 12.9. The van der Waals surface area contributed by atoms with E-state index in [-0.39, 0.29) is 12.1 Å². The van der Waals surface area contributed by atoms with Crippen LogP contribution in [0, 0.1) is 63.1 Å². The second-order valence-corrected chi connectivity index (χ2v) is 16.4. The lowest BCUT2D eigenvalue weighted by molar-refractivity contribution is -0.143. The zero-order chi connectivity index (χ0) is 28.5. The van der Waals surface area contributed by atoms with Crippen molar-refractivity contribution in [2.45, 2.75) is 132 Å². The molecule has 0 saturated heterocycles. The van der Waals surface area contributed by atoms with Crippen LogP contribution in [0.1, 0.15) is 136 Å². The highest BCUT2D eigenvalue weighted by atomic mass is 16.5. The molecule has 0 N–H and O–H groups in total. The van der Waals surface area contributed by atoms with E-state index >= 15 is 0 Å². The summed E-state index contributed by atoms with van der Waals surface area (Å²) < 4.78 is 6.21. The van der Waals surface area contributed by atoms with Gasteiger partial charge in [-0.3, -0.25) is 0 Å². The minimum absolute atomic E-state index is 0.0801. The van der Waals surface area contributed by atoms with Crippen molar-refractivity contribution in [1.29, 1.82) is 0 Å². The average molecular weight is 547 g/mol. The van der Waals surface area contributed by atoms with Gasteiger partial charge in [0.1, 0.15) is 6.10 Å². The average Bonchev–Trinajstić information content (AvgIpc) is 3.52. The first-order valence-electron chi connectivity index (χ1n) is 17.3. The molecule has 5 aliphatic carbocycles. The minimum Gasteiger partial charge on any atom is -0.458 e. The Morgan fingerprint density at radius 1 is 0.900 bits per heavy atom. The molecule has 1 aromatic rings. The van der Waals surface area contributed by atoms with Crippen molar-refractivity contribution in [1.82, 2.24) is 0 Å². The molecule has 2 nitrogen and oxygen atoms in total. The molecule has 0 unspecified atom stereocenters. The highest BCUT2D eigenvalue weighted by Gasteiger charge is 2.81. The van der Waals surface area contributed by atoms with Crippen LogP contribution in [0.15, 0.2) is 30.3 Å². The van der Waals surface area contributed by atoms with Crippen molar-refractivity contribution in [2.24, 2.45) is 63.1 Å². The van der Waals surface area contributed by atoms with Gasteiger partial charge in [-0.15, -0.1) is 0 Å². The second kappa shape index (κ2) is 10.2. The zero-order valence-corrected chi connectivity index (χ0v) is 26.8. The Kier molecular flexibility index (Phi) is 7.31. The molecule has 0 radical (unpaired) electrons. The van der Waals surface area contributed by atoms with Crippen molar-refractivity contribution in [3.05, 3.63) is 35.9 Å². The van der Waals surface area contributed by atoms with Crippen LogP contribution in [0.4, 0.5) is 0 Å². The molecule has 11 atom stereocenters. The fourth-order valence-electron chi connectivity index (χ4n) is 12.6. The molecule has 2 spiro atoms. The summed E-state index contributed by atoms with van der Waals surface area (Å²) >= 11 is 0. The smallest absolute Gasteiger partial charge is 0.338 e. The van der Waals surface area contributed by atoms with Gasteiger partial charge in [0.05, 0.1) is 5.56 Å². The fraction of sp³-hybridized carbons (Fsp3) is 0.816. The highest BCUT2D eigenvalue weighted by Crippen LogP contribution is 2.88. The number of esters is 1. The van der Waals surface area contributed by atoms with Crippen LogP contribution in [-0.2, 0) is 4.74 Å². The maximum Gasteiger partial charge on any atom is 0.338 e. The molecule has 0 heterocycles. The summed E-state index contributed by atoms with van der Waals surface area (Å²) in [6.45, 7) is 17.8. The predicted molar refractivity (Wildman–Crippen MR) is 165 cm³/mol. The highest BCUT2D eigenvalue weighted by molar-refractivity contribution is 5.89. The van der Waals surface area contributed by atoms with Crippen molar-refractivity contribution in [2.75, 3.05) is 0 Å². The third-order valence-corrected chi connectivity index (χ3v) is 15.1. The quantitative estimate of drug-likeness (QED) is 0.303. The molecule has 1 aromatic carbocycles. The molecule has 222 valence electrons. The summed E-state index contributed by atoms with van der Waals surface area (Å²) in [6.07, 6.45) is 16.7. The van der Waals surface area contributed by atoms with Crippen molar-refractivity contribution < 1.29 is 9.53 Å². The number of hydrogen-bond acceptors (Lipinski definition) is 2. The largest absolute Gasteiger partial charge is 0.458 e. The molecule has 6 rings (SSSR count). The monoisotopic (exact) mass is 546 g/mol. The Bertz CT molecular complexity index is 1080. The van der Waals surface area contributed by atoms with Gasteiger partial charge in [-0.25, -0.2) is 4.79 Å². The van der Waals surface area contributed by atoms with Gasteiger partial charge in [0.25, 0.3) is 0 Å². The Morgan fingerprint density at radius 2 is 1.65 bits per heavy atom. The normalized spacial score (nSPS) is 45.0. The third-order valence-electron chi connectivity index (χ3n) is 15.1. The number of benzene rings is 1. The van der Waals surface area contributed by atoms with E-state index in [9.17, 15) is 4.79 Å². The Labute approximate surface area is 245 Å². The van der Waals surface area contributed by atoms with Gasteiger partial charge in [0, 0.05) is 0 Å². The van der Waals surface area contributed by atoms with Crippen molar-refractivity contribution >= 4 is 5.97 Å². The first-order chi connectivity index (χ1) is 19.0. The lowest BCUT2D eigenvalue weighted by Gasteiger charge is -2.62. The molecule has 5 saturated carbocycles. The van der Waals surface area contributed by atoms with Gasteiger partial charge >= 0.3 is 5.97 Å². The Balaban J connectivity index is 1.16. The molecular weight excluding hydrogens is 488 g/mol. The molecule has 2 heteroatoms. The second-order valence-electron chi connectivity index (χ2n) is 16.4. The molecule has 0 aliphatic heterocycles. The summed E-state index contributed by atoms with van der Waals surface area (Å²) in [7, 11) is 0. The van der Waals surface area contributed by atoms with Gasteiger partial charge in [-0.05, 0) is 139 Å². The number of carbonyl (C=O) groups excluding carboxylic acids is 1. The molecule has 0 bridgehead atoms. The van der Waals surface area contributed by atoms with E-state index in [0.717, 1.165) is 41.9 Å². The Hall–Kier alpha value is -1.31. The topological polar surface area (TPSA) is 26.3 Å². The number of hydrogen-bond donors (Lipinski definition) is 0. The standard InChI is InChI=1S/C38H58O2/c1-8-28(25(2)3)15-14-26(4)30-18-20-36(7)33-17-16-31-27(5)32(40-34(39)29-12-10-9-11-13-29)19-21-37(31)24-38(33,37)23-22-35(30,36)6/h9-13,25-28,30-33H,8,14-24H2,1-7H3/t26-,27+,28+,30-,31+,32+,33+,35-,36+,37-,38+/m1/s1. The van der Waals surface area contributed by atoms with Crippen LogP contribution in [0.25, 0.3) is 0 Å². The van der Waals surface area contributed by atoms with Crippen molar-refractivity contribution in [3.63, 3.8) is 0 Å². The van der Waals surface area contributed by atoms with Gasteiger partial charge in [-0.2, -0.15) is 0 Å². The van der Waals surface area contributed by atoms with E-state index in [1.807, 2.05) is 30.3 Å². The maximum absolute atomic E-state index is 12.9. The van der Waals surface area contributed by atoms with E-state index in [0.29, 0.717) is 33.1 Å². The van der Waals surface area contributed by atoms with E-state index in [4.69, 9.17) is 4.74 Å². The zero-order valence-electron chi connectivity index (χ0n) is 26.8. The molecule has 0 amide bonds. The molecule has 0 aromatic heterocycles. The lowest BCUT2D eigenvalue weighted by atomic mass is 9.43. The van der Waals surface area contributed by atoms with E-state index in [1.54, 1.807) is 0 Å². The van der Waals surface area contributed by atoms with Crippen LogP contribution in [0.3, 0.4) is 0 Å². The third kappa shape index (κ3) is 4.03. The fourth-order valence-corrected chi connectivity index (χ4v) is 12.6. The predicted octanol–water partition coefficient (Wildman–Crippen LogP) is 10.4. The van der Waals surface area contributed by atoms with Crippen LogP contribution in [0.5, 0.6) is 0 Å². The summed E-state index contributed by atoms with van der Waals surface area (Å²) in [6, 6.07) is 9.61. The number of carbonyl (C=O) groups is 1. The Morgan fingerprint density at radius 3 is 2.35 bits per heavy atom. The van der Waals surface area contributed by atoms with Crippen LogP contribution in [0.2, 0.25) is 0 Å². The molecular formula is C38H58O2. The van der Waals surface area contributed by atoms with Crippen LogP contribution < -0.4 is 0 Å². The molecule has 5 fully saturated rings. The molecule has 40 heavy (non-hydrogen) atoms. The van der Waals surface area contributed by atoms with Crippen LogP contribution in [-0.4, -0.2) is 12.1 Å². The summed E-state index contributed by atoms with van der Waals surface area (Å²) in [4.78, 5) is 12.9. The number of ether oxygens (including phenoxy) is 1. The van der Waals surface area contributed by atoms with Crippen LogP contribution >= 0.6 is 0 Å². The summed E-state index contributed by atoms with van der Waals surface area (Å²) in [5, 5.41) is 0. The lowest BCUT2D eigenvalue weighted by Crippen LogP contribution is -2.56.